The summed E-state index contributed by atoms with van der Waals surface area (Å²) in [5.74, 6) is -0.0366. The number of amides is 2. The summed E-state index contributed by atoms with van der Waals surface area (Å²) in [6.45, 7) is 9.43. The Bertz CT molecular complexity index is 638. The van der Waals surface area contributed by atoms with Gasteiger partial charge in [0.05, 0.1) is 26.4 Å². The molecular weight excluding hydrogens is 360 g/mol. The maximum absolute atomic E-state index is 12.3. The summed E-state index contributed by atoms with van der Waals surface area (Å²) in [5, 5.41) is 2.95. The molecule has 0 unspecified atom stereocenters. The van der Waals surface area contributed by atoms with E-state index in [1.54, 1.807) is 11.8 Å². The van der Waals surface area contributed by atoms with Crippen LogP contribution in [0.2, 0.25) is 0 Å². The minimum absolute atomic E-state index is 0.0366. The summed E-state index contributed by atoms with van der Waals surface area (Å²) >= 11 is 0. The molecule has 2 aliphatic rings. The van der Waals surface area contributed by atoms with Crippen LogP contribution in [0.25, 0.3) is 0 Å². The number of hydrogen-bond acceptors (Lipinski definition) is 6. The lowest BCUT2D eigenvalue weighted by Crippen LogP contribution is -2.50. The number of morpholine rings is 1. The molecule has 2 fully saturated rings. The van der Waals surface area contributed by atoms with Crippen molar-refractivity contribution < 1.29 is 19.1 Å². The number of benzene rings is 1. The van der Waals surface area contributed by atoms with Crippen molar-refractivity contribution in [2.24, 2.45) is 0 Å². The Morgan fingerprint density at radius 3 is 2.32 bits per heavy atom. The number of anilines is 1. The number of rotatable bonds is 6. The van der Waals surface area contributed by atoms with Crippen LogP contribution in [0.4, 0.5) is 10.5 Å². The molecule has 8 nitrogen and oxygen atoms in total. The average Bonchev–Trinajstić information content (AvgIpc) is 2.71. The van der Waals surface area contributed by atoms with E-state index in [-0.39, 0.29) is 12.0 Å². The molecule has 0 aromatic heterocycles. The van der Waals surface area contributed by atoms with Gasteiger partial charge in [-0.05, 0) is 24.6 Å². The molecule has 2 aliphatic heterocycles. The number of piperazine rings is 1. The fraction of sp³-hybridized carbons (Fsp3) is 0.600. The molecule has 2 amide bonds. The number of nitrogens with zero attached hydrogens (tertiary/aromatic N) is 3. The third-order valence-corrected chi connectivity index (χ3v) is 5.01. The first kappa shape index (κ1) is 20.6. The first-order chi connectivity index (χ1) is 13.6. The molecule has 0 atom stereocenters. The van der Waals surface area contributed by atoms with Gasteiger partial charge in [-0.25, -0.2) is 4.79 Å². The van der Waals surface area contributed by atoms with E-state index in [2.05, 4.69) is 27.2 Å². The highest BCUT2D eigenvalue weighted by Crippen LogP contribution is 2.13. The molecule has 8 heteroatoms. The van der Waals surface area contributed by atoms with Crippen molar-refractivity contribution in [1.29, 1.82) is 0 Å². The van der Waals surface area contributed by atoms with Crippen molar-refractivity contribution in [2.45, 2.75) is 13.5 Å². The van der Waals surface area contributed by atoms with Gasteiger partial charge >= 0.3 is 6.09 Å². The zero-order chi connectivity index (χ0) is 19.8. The Morgan fingerprint density at radius 2 is 1.68 bits per heavy atom. The number of hydrogen-bond donors (Lipinski definition) is 1. The molecule has 2 heterocycles. The van der Waals surface area contributed by atoms with Crippen molar-refractivity contribution >= 4 is 17.7 Å². The number of nitrogens with one attached hydrogen (secondary N) is 1. The molecule has 0 saturated carbocycles. The Balaban J connectivity index is 1.39. The summed E-state index contributed by atoms with van der Waals surface area (Å²) in [7, 11) is 0. The topological polar surface area (TPSA) is 74.4 Å². The smallest absolute Gasteiger partial charge is 0.409 e. The maximum Gasteiger partial charge on any atom is 0.409 e. The van der Waals surface area contributed by atoms with Gasteiger partial charge in [-0.15, -0.1) is 0 Å². The largest absolute Gasteiger partial charge is 0.450 e. The predicted octanol–water partition coefficient (Wildman–Crippen LogP) is 1.23. The normalized spacial score (nSPS) is 18.7. The average molecular weight is 390 g/mol. The van der Waals surface area contributed by atoms with Crippen LogP contribution < -0.4 is 5.32 Å². The second kappa shape index (κ2) is 10.4. The lowest BCUT2D eigenvalue weighted by atomic mass is 10.2. The van der Waals surface area contributed by atoms with Gasteiger partial charge < -0.3 is 19.7 Å². The summed E-state index contributed by atoms with van der Waals surface area (Å²) in [6.07, 6.45) is -0.274. The Hall–Kier alpha value is -2.16. The molecule has 0 bridgehead atoms. The van der Waals surface area contributed by atoms with Crippen LogP contribution >= 0.6 is 0 Å². The SMILES string of the molecule is CCOC(=O)N1CCN(CC(=O)Nc2ccc(CN3CCOCC3)cc2)CC1. The van der Waals surface area contributed by atoms with E-state index in [1.165, 1.54) is 5.56 Å². The van der Waals surface area contributed by atoms with Crippen LogP contribution in [-0.4, -0.2) is 92.3 Å². The Morgan fingerprint density at radius 1 is 1.00 bits per heavy atom. The second-order valence-electron chi connectivity index (χ2n) is 7.10. The van der Waals surface area contributed by atoms with Crippen molar-refractivity contribution in [3.05, 3.63) is 29.8 Å². The van der Waals surface area contributed by atoms with Crippen molar-refractivity contribution in [3.63, 3.8) is 0 Å². The summed E-state index contributed by atoms with van der Waals surface area (Å²) in [6, 6.07) is 8.02. The van der Waals surface area contributed by atoms with Gasteiger partial charge in [-0.3, -0.25) is 14.6 Å². The van der Waals surface area contributed by atoms with E-state index in [1.807, 2.05) is 12.1 Å². The third kappa shape index (κ3) is 6.19. The lowest BCUT2D eigenvalue weighted by molar-refractivity contribution is -0.117. The van der Waals surface area contributed by atoms with Crippen LogP contribution in [0.1, 0.15) is 12.5 Å². The highest BCUT2D eigenvalue weighted by Gasteiger charge is 2.23. The molecule has 0 aliphatic carbocycles. The van der Waals surface area contributed by atoms with Gasteiger partial charge in [-0.1, -0.05) is 12.1 Å². The van der Waals surface area contributed by atoms with Gasteiger partial charge in [0.1, 0.15) is 0 Å². The van der Waals surface area contributed by atoms with Crippen LogP contribution in [-0.2, 0) is 20.8 Å². The molecule has 0 spiro atoms. The molecule has 1 aromatic carbocycles. The van der Waals surface area contributed by atoms with Crippen LogP contribution in [0.3, 0.4) is 0 Å². The minimum atomic E-state index is -0.274. The molecule has 1 N–H and O–H groups in total. The van der Waals surface area contributed by atoms with E-state index in [0.29, 0.717) is 39.3 Å². The van der Waals surface area contributed by atoms with E-state index in [4.69, 9.17) is 9.47 Å². The minimum Gasteiger partial charge on any atom is -0.450 e. The van der Waals surface area contributed by atoms with E-state index in [0.717, 1.165) is 38.5 Å². The predicted molar refractivity (Wildman–Crippen MR) is 106 cm³/mol. The van der Waals surface area contributed by atoms with Crippen molar-refractivity contribution in [3.8, 4) is 0 Å². The maximum atomic E-state index is 12.3. The van der Waals surface area contributed by atoms with Crippen LogP contribution in [0, 0.1) is 0 Å². The van der Waals surface area contributed by atoms with Crippen molar-refractivity contribution in [1.82, 2.24) is 14.7 Å². The zero-order valence-corrected chi connectivity index (χ0v) is 16.6. The summed E-state index contributed by atoms with van der Waals surface area (Å²) in [5.41, 5.74) is 2.04. The number of carbonyl (C=O) groups is 2. The standard InChI is InChI=1S/C20H30N4O4/c1-2-28-20(26)24-9-7-22(8-10-24)16-19(25)21-18-5-3-17(4-6-18)15-23-11-13-27-14-12-23/h3-6H,2,7-16H2,1H3,(H,21,25). The van der Waals surface area contributed by atoms with E-state index >= 15 is 0 Å². The molecule has 154 valence electrons. The van der Waals surface area contributed by atoms with Crippen molar-refractivity contribution in [2.75, 3.05) is 71.0 Å². The molecular formula is C20H30N4O4. The Labute approximate surface area is 166 Å². The van der Waals surface area contributed by atoms with Gasteiger partial charge in [0.25, 0.3) is 0 Å². The van der Waals surface area contributed by atoms with Crippen LogP contribution in [0.5, 0.6) is 0 Å². The molecule has 1 aromatic rings. The summed E-state index contributed by atoms with van der Waals surface area (Å²) in [4.78, 5) is 30.1. The van der Waals surface area contributed by atoms with Gasteiger partial charge in [0, 0.05) is 51.5 Å². The second-order valence-corrected chi connectivity index (χ2v) is 7.10. The highest BCUT2D eigenvalue weighted by molar-refractivity contribution is 5.92. The van der Waals surface area contributed by atoms with Gasteiger partial charge in [0.2, 0.25) is 5.91 Å². The summed E-state index contributed by atoms with van der Waals surface area (Å²) < 4.78 is 10.4. The van der Waals surface area contributed by atoms with E-state index in [9.17, 15) is 9.59 Å². The quantitative estimate of drug-likeness (QED) is 0.788. The fourth-order valence-electron chi connectivity index (χ4n) is 3.42. The zero-order valence-electron chi connectivity index (χ0n) is 16.6. The third-order valence-electron chi connectivity index (χ3n) is 5.01. The van der Waals surface area contributed by atoms with E-state index < -0.39 is 0 Å². The lowest BCUT2D eigenvalue weighted by Gasteiger charge is -2.33. The van der Waals surface area contributed by atoms with Crippen LogP contribution in [0.15, 0.2) is 24.3 Å². The number of carbonyl (C=O) groups excluding carboxylic acids is 2. The number of ether oxygens (including phenoxy) is 2. The molecule has 2 saturated heterocycles. The Kier molecular flexibility index (Phi) is 7.64. The first-order valence-electron chi connectivity index (χ1n) is 9.97. The first-order valence-corrected chi connectivity index (χ1v) is 9.97. The molecule has 28 heavy (non-hydrogen) atoms. The van der Waals surface area contributed by atoms with Gasteiger partial charge in [-0.2, -0.15) is 0 Å². The highest BCUT2D eigenvalue weighted by atomic mass is 16.6. The monoisotopic (exact) mass is 390 g/mol. The molecule has 3 rings (SSSR count). The fourth-order valence-corrected chi connectivity index (χ4v) is 3.42. The van der Waals surface area contributed by atoms with Gasteiger partial charge in [0.15, 0.2) is 0 Å². The molecule has 0 radical (unpaired) electrons.